The first-order chi connectivity index (χ1) is 47.2. The number of carbonyl (C=O) groups excluding carboxylic acids is 2. The van der Waals surface area contributed by atoms with Crippen molar-refractivity contribution in [2.75, 3.05) is 47.3 Å². The van der Waals surface area contributed by atoms with E-state index < -0.39 is 239 Å². The molecule has 0 aromatic rings. The molecule has 0 aromatic carbocycles. The molecule has 7 saturated heterocycles. The Morgan fingerprint density at radius 2 is 1.09 bits per heavy atom. The van der Waals surface area contributed by atoms with Gasteiger partial charge in [-0.25, -0.2) is 0 Å². The molecule has 11 aliphatic rings. The molecule has 0 unspecified atom stereocenters. The van der Waals surface area contributed by atoms with Gasteiger partial charge < -0.3 is 147 Å². The molecule has 100 heavy (non-hydrogen) atoms. The average molecular weight is 1440 g/mol. The quantitative estimate of drug-likeness (QED) is 0.0384. The summed E-state index contributed by atoms with van der Waals surface area (Å²) in [6, 6.07) is 0. The molecule has 10 fully saturated rings. The predicted octanol–water partition coefficient (Wildman–Crippen LogP) is -2.82. The molecule has 32 heteroatoms. The maximum absolute atomic E-state index is 14.8. The van der Waals surface area contributed by atoms with Gasteiger partial charge in [0.1, 0.15) is 140 Å². The third-order valence-electron chi connectivity index (χ3n) is 24.7. The van der Waals surface area contributed by atoms with E-state index >= 15 is 0 Å². The number of hydrogen-bond acceptors (Lipinski definition) is 32. The van der Waals surface area contributed by atoms with E-state index in [-0.39, 0.29) is 41.0 Å². The van der Waals surface area contributed by atoms with Gasteiger partial charge in [0.05, 0.1) is 50.7 Å². The molecule has 0 amide bonds. The van der Waals surface area contributed by atoms with E-state index in [1.54, 1.807) is 0 Å². The predicted molar refractivity (Wildman–Crippen MR) is 335 cm³/mol. The average Bonchev–Trinajstić information content (AvgIpc) is 1.47. The smallest absolute Gasteiger partial charge is 0.313 e. The first-order valence-electron chi connectivity index (χ1n) is 35.4. The SMILES string of the molecule is CO[C@@H]1[C@@H](O)[C@H](O[C@@H]2[C@@H](O)[C@H](O[C@@H]3CO[C@@H](O[C@H]4CC[C@]5(C)[C@@H]6CC[C@]78C(=O)O[C@@](C)(C[C@H](CC(C)C)OC(C)=O)[C@H]7CC[C@@]8(C)C6=CC[C@H]5C4(C)C)[C@H](O[C@@H]4O[C@H](C)[C@@H](O[C@@H]5OC[C@@H](O)[C@H](O[C@@H]6O[C@H](CO)[C@@H](O)[C@H](OC)[C@H]6O)[C@H]5O)[C@H](O)[C@H]4O)[C@H]3O)O[C@H](CO)[C@H]2O)O[C@H](CO)[C@H]1O. The van der Waals surface area contributed by atoms with Crippen LogP contribution in [0, 0.1) is 45.3 Å². The van der Waals surface area contributed by atoms with Crippen LogP contribution in [0.5, 0.6) is 0 Å². The molecule has 37 atom stereocenters. The van der Waals surface area contributed by atoms with E-state index in [9.17, 15) is 81.1 Å². The zero-order valence-corrected chi connectivity index (χ0v) is 58.7. The fourth-order valence-electron chi connectivity index (χ4n) is 19.6. The molecule has 11 rings (SSSR count). The van der Waals surface area contributed by atoms with Gasteiger partial charge in [-0.1, -0.05) is 53.2 Å². The molecular weight excluding hydrogens is 1330 g/mol. The molecule has 574 valence electrons. The molecule has 32 nitrogen and oxygen atoms in total. The Labute approximate surface area is 581 Å². The lowest BCUT2D eigenvalue weighted by Crippen LogP contribution is -2.67. The third kappa shape index (κ3) is 13.9. The molecule has 7 heterocycles. The van der Waals surface area contributed by atoms with Crippen molar-refractivity contribution in [1.29, 1.82) is 0 Å². The number of hydrogen-bond donors (Lipinski definition) is 14. The Morgan fingerprint density at radius 1 is 0.560 bits per heavy atom. The van der Waals surface area contributed by atoms with Crippen LogP contribution in [0.1, 0.15) is 120 Å². The highest BCUT2D eigenvalue weighted by atomic mass is 16.8. The van der Waals surface area contributed by atoms with Gasteiger partial charge in [-0.05, 0) is 93.8 Å². The molecule has 1 spiro atoms. The Kier molecular flexibility index (Phi) is 24.1. The first-order valence-corrected chi connectivity index (χ1v) is 35.4. The summed E-state index contributed by atoms with van der Waals surface area (Å²) in [5, 5.41) is 156. The van der Waals surface area contributed by atoms with Crippen molar-refractivity contribution in [1.82, 2.24) is 0 Å². The third-order valence-corrected chi connectivity index (χ3v) is 24.7. The summed E-state index contributed by atoms with van der Waals surface area (Å²) in [5.41, 5.74) is -1.80. The first kappa shape index (κ1) is 78.6. The molecule has 14 N–H and O–H groups in total. The van der Waals surface area contributed by atoms with Crippen molar-refractivity contribution in [2.45, 2.75) is 310 Å². The van der Waals surface area contributed by atoms with Crippen LogP contribution in [0.2, 0.25) is 0 Å². The molecule has 3 saturated carbocycles. The zero-order chi connectivity index (χ0) is 72.8. The lowest BCUT2D eigenvalue weighted by molar-refractivity contribution is -0.394. The minimum Gasteiger partial charge on any atom is -0.462 e. The van der Waals surface area contributed by atoms with E-state index in [2.05, 4.69) is 47.6 Å². The maximum atomic E-state index is 14.8. The summed E-state index contributed by atoms with van der Waals surface area (Å²) in [6.07, 6.45) is -38.9. The molecule has 7 aliphatic heterocycles. The monoisotopic (exact) mass is 1440 g/mol. The van der Waals surface area contributed by atoms with Crippen LogP contribution in [0.4, 0.5) is 0 Å². The van der Waals surface area contributed by atoms with Crippen LogP contribution in [-0.2, 0) is 85.4 Å². The van der Waals surface area contributed by atoms with Gasteiger partial charge in [-0.2, -0.15) is 0 Å². The van der Waals surface area contributed by atoms with Crippen LogP contribution in [0.15, 0.2) is 11.6 Å². The number of allylic oxidation sites excluding steroid dienone is 2. The largest absolute Gasteiger partial charge is 0.462 e. The fourth-order valence-corrected chi connectivity index (χ4v) is 19.6. The van der Waals surface area contributed by atoms with Crippen LogP contribution in [0.25, 0.3) is 0 Å². The van der Waals surface area contributed by atoms with E-state index in [4.69, 9.17) is 75.8 Å². The van der Waals surface area contributed by atoms with E-state index in [0.29, 0.717) is 38.5 Å². The van der Waals surface area contributed by atoms with E-state index in [0.717, 1.165) is 19.3 Å². The van der Waals surface area contributed by atoms with Crippen LogP contribution in [0.3, 0.4) is 0 Å². The lowest BCUT2D eigenvalue weighted by Gasteiger charge is -2.64. The van der Waals surface area contributed by atoms with Crippen LogP contribution >= 0.6 is 0 Å². The number of aliphatic hydroxyl groups is 14. The van der Waals surface area contributed by atoms with Gasteiger partial charge in [0.25, 0.3) is 0 Å². The lowest BCUT2D eigenvalue weighted by atomic mass is 9.41. The highest BCUT2D eigenvalue weighted by Gasteiger charge is 2.77. The summed E-state index contributed by atoms with van der Waals surface area (Å²) in [7, 11) is 2.40. The minimum absolute atomic E-state index is 0.0151. The number of methoxy groups -OCH3 is 2. The second-order valence-electron chi connectivity index (χ2n) is 31.4. The van der Waals surface area contributed by atoms with Gasteiger partial charge in [-0.15, -0.1) is 0 Å². The summed E-state index contributed by atoms with van der Waals surface area (Å²) in [6.45, 7) is 14.5. The van der Waals surface area contributed by atoms with Gasteiger partial charge in [0.2, 0.25) is 0 Å². The minimum atomic E-state index is -2.02. The van der Waals surface area contributed by atoms with Crippen molar-refractivity contribution >= 4 is 11.9 Å². The van der Waals surface area contributed by atoms with Crippen LogP contribution in [-0.4, -0.2) is 321 Å². The second kappa shape index (κ2) is 30.7. The van der Waals surface area contributed by atoms with E-state index in [1.807, 2.05) is 6.92 Å². The van der Waals surface area contributed by atoms with Gasteiger partial charge in [0.15, 0.2) is 37.7 Å². The standard InChI is InChI=1S/C68H110O32/c1-27(2)20-30(90-29(4)72)21-67(9)39-15-18-66(8)32-12-13-38-64(5,6)40(16-17-65(38,7)31(32)14-19-68(39,66)63(84)100-67)95-62-56(44(77)37(26-88-62)94-59-50(83)55(43(76)36(24-71)91-59)98-61-49(82)54(86-11)42(75)35(23-70)93-61)99-58-46(79)45(78)51(28(3)89-58)96-57-47(80)52(33(73)25-87-57)97-60-48(81)53(85-10)41(74)34(22-69)92-60/h12,27-28,30-31,33-62,69-71,73-83H,13-26H2,1-11H3/t28-,30+,31-,33-,34-,35-,36-,37-,38+,39-,40+,41-,42-,43-,44+,45-,46-,47-,48-,49-,50-,51-,52+,53+,54+,55+,56-,57+,58+,59+,60+,61+,62+,65-,66+,67+,68-/m1/s1. The van der Waals surface area contributed by atoms with Gasteiger partial charge in [0, 0.05) is 38.9 Å². The molecule has 0 bridgehead atoms. The topological polar surface area (TPSA) is 465 Å². The normalized spacial score (nSPS) is 51.3. The molecular formula is C68H110O32. The Bertz CT molecular complexity index is 2800. The molecule has 4 aliphatic carbocycles. The summed E-state index contributed by atoms with van der Waals surface area (Å²) in [5.74, 6) is -0.347. The zero-order valence-electron chi connectivity index (χ0n) is 58.7. The number of cyclic esters (lactones) is 1. The number of carbonyl (C=O) groups is 2. The van der Waals surface area contributed by atoms with Crippen molar-refractivity contribution in [3.8, 4) is 0 Å². The maximum Gasteiger partial charge on any atom is 0.313 e. The van der Waals surface area contributed by atoms with Crippen molar-refractivity contribution in [2.24, 2.45) is 45.3 Å². The highest BCUT2D eigenvalue weighted by molar-refractivity contribution is 5.83. The number of ether oxygens (including phenoxy) is 16. The Hall–Kier alpha value is -2.44. The number of esters is 2. The summed E-state index contributed by atoms with van der Waals surface area (Å²) >= 11 is 0. The van der Waals surface area contributed by atoms with Crippen molar-refractivity contribution in [3.63, 3.8) is 0 Å². The van der Waals surface area contributed by atoms with E-state index in [1.165, 1.54) is 33.6 Å². The highest BCUT2D eigenvalue weighted by Crippen LogP contribution is 2.76. The second-order valence-corrected chi connectivity index (χ2v) is 31.4. The van der Waals surface area contributed by atoms with Crippen molar-refractivity contribution < 1.29 is 157 Å². The summed E-state index contributed by atoms with van der Waals surface area (Å²) < 4.78 is 96.2. The van der Waals surface area contributed by atoms with Crippen LogP contribution < -0.4 is 0 Å². The van der Waals surface area contributed by atoms with Gasteiger partial charge >= 0.3 is 11.9 Å². The Balaban J connectivity index is 0.828. The molecule has 0 aromatic heterocycles. The van der Waals surface area contributed by atoms with Crippen molar-refractivity contribution in [3.05, 3.63) is 11.6 Å². The molecule has 0 radical (unpaired) electrons. The number of rotatable bonds is 22. The Morgan fingerprint density at radius 3 is 1.67 bits per heavy atom. The summed E-state index contributed by atoms with van der Waals surface area (Å²) in [4.78, 5) is 27.2. The van der Waals surface area contributed by atoms with Gasteiger partial charge in [-0.3, -0.25) is 9.59 Å². The fraction of sp³-hybridized carbons (Fsp3) is 0.941. The number of aliphatic hydroxyl groups excluding tert-OH is 14. The number of fused-ring (bicyclic) bond motifs is 4.